The number of nitrogens with one attached hydrogen (secondary N) is 1. The van der Waals surface area contributed by atoms with E-state index in [0.717, 1.165) is 12.1 Å². The molecule has 0 aliphatic rings. The summed E-state index contributed by atoms with van der Waals surface area (Å²) in [4.78, 5) is 0. The van der Waals surface area contributed by atoms with E-state index in [2.05, 4.69) is 37.4 Å². The Morgan fingerprint density at radius 2 is 2.14 bits per heavy atom. The molecule has 0 unspecified atom stereocenters. The van der Waals surface area contributed by atoms with Crippen LogP contribution in [0.4, 0.5) is 5.69 Å². The van der Waals surface area contributed by atoms with Gasteiger partial charge in [-0.05, 0) is 43.5 Å². The average molecular weight is 193 g/mol. The zero-order valence-electron chi connectivity index (χ0n) is 9.17. The number of hydrogen-bond donors (Lipinski definition) is 2. The van der Waals surface area contributed by atoms with Crippen molar-refractivity contribution in [3.8, 4) is 0 Å². The molecule has 0 radical (unpaired) electrons. The molecule has 14 heavy (non-hydrogen) atoms. The van der Waals surface area contributed by atoms with E-state index in [-0.39, 0.29) is 6.10 Å². The van der Waals surface area contributed by atoms with Crippen LogP contribution in [0.15, 0.2) is 18.2 Å². The normalized spacial score (nSPS) is 12.6. The second kappa shape index (κ2) is 5.01. The number of aryl methyl sites for hydroxylation is 2. The molecule has 1 aromatic rings. The molecule has 0 amide bonds. The molecular formula is C12H19NO. The van der Waals surface area contributed by atoms with Crippen molar-refractivity contribution in [2.24, 2.45) is 0 Å². The zero-order chi connectivity index (χ0) is 10.6. The lowest BCUT2D eigenvalue weighted by molar-refractivity contribution is 0.208. The van der Waals surface area contributed by atoms with E-state index in [0.29, 0.717) is 6.54 Å². The van der Waals surface area contributed by atoms with Crippen LogP contribution in [0, 0.1) is 6.92 Å². The molecule has 2 N–H and O–H groups in total. The molecule has 0 fully saturated rings. The van der Waals surface area contributed by atoms with E-state index in [1.807, 2.05) is 0 Å². The van der Waals surface area contributed by atoms with Crippen molar-refractivity contribution in [3.63, 3.8) is 0 Å². The van der Waals surface area contributed by atoms with E-state index in [9.17, 15) is 0 Å². The Bertz CT molecular complexity index is 294. The summed E-state index contributed by atoms with van der Waals surface area (Å²) in [5.41, 5.74) is 3.78. The molecule has 1 atom stereocenters. The van der Waals surface area contributed by atoms with Crippen molar-refractivity contribution in [2.45, 2.75) is 33.3 Å². The van der Waals surface area contributed by atoms with Gasteiger partial charge in [0.15, 0.2) is 0 Å². The van der Waals surface area contributed by atoms with Crippen molar-refractivity contribution >= 4 is 5.69 Å². The predicted molar refractivity (Wildman–Crippen MR) is 60.7 cm³/mol. The highest BCUT2D eigenvalue weighted by Crippen LogP contribution is 2.15. The third-order valence-corrected chi connectivity index (χ3v) is 2.33. The van der Waals surface area contributed by atoms with Gasteiger partial charge in [0.05, 0.1) is 6.10 Å². The minimum atomic E-state index is -0.304. The summed E-state index contributed by atoms with van der Waals surface area (Å²) in [6.07, 6.45) is 0.747. The number of aliphatic hydroxyl groups excluding tert-OH is 1. The summed E-state index contributed by atoms with van der Waals surface area (Å²) in [6, 6.07) is 6.32. The molecular weight excluding hydrogens is 174 g/mol. The monoisotopic (exact) mass is 193 g/mol. The van der Waals surface area contributed by atoms with Crippen LogP contribution in [0.25, 0.3) is 0 Å². The summed E-state index contributed by atoms with van der Waals surface area (Å²) < 4.78 is 0. The predicted octanol–water partition coefficient (Wildman–Crippen LogP) is 2.35. The summed E-state index contributed by atoms with van der Waals surface area (Å²) in [6.45, 7) is 6.66. The maximum atomic E-state index is 9.13. The maximum Gasteiger partial charge on any atom is 0.0684 e. The Balaban J connectivity index is 2.69. The minimum Gasteiger partial charge on any atom is -0.392 e. The lowest BCUT2D eigenvalue weighted by Crippen LogP contribution is -2.15. The Hall–Kier alpha value is -1.02. The molecule has 78 valence electrons. The van der Waals surface area contributed by atoms with Gasteiger partial charge in [-0.15, -0.1) is 0 Å². The molecule has 0 saturated carbocycles. The first-order valence-electron chi connectivity index (χ1n) is 5.15. The second-order valence-corrected chi connectivity index (χ2v) is 3.72. The number of benzene rings is 1. The number of hydrogen-bond acceptors (Lipinski definition) is 2. The maximum absolute atomic E-state index is 9.13. The fourth-order valence-electron chi connectivity index (χ4n) is 1.43. The van der Waals surface area contributed by atoms with Gasteiger partial charge in [0, 0.05) is 12.2 Å². The van der Waals surface area contributed by atoms with E-state index < -0.39 is 0 Å². The van der Waals surface area contributed by atoms with Crippen LogP contribution in [0.3, 0.4) is 0 Å². The second-order valence-electron chi connectivity index (χ2n) is 3.72. The Morgan fingerprint density at radius 3 is 2.71 bits per heavy atom. The summed E-state index contributed by atoms with van der Waals surface area (Å²) in [5, 5.41) is 12.3. The SMILES string of the molecule is CCc1cc(NC[C@H](C)O)ccc1C. The van der Waals surface area contributed by atoms with Crippen LogP contribution in [-0.2, 0) is 6.42 Å². The van der Waals surface area contributed by atoms with Gasteiger partial charge in [0.1, 0.15) is 0 Å². The average Bonchev–Trinajstić information content (AvgIpc) is 2.16. The van der Waals surface area contributed by atoms with Crippen LogP contribution in [0.1, 0.15) is 25.0 Å². The molecule has 0 bridgehead atoms. The van der Waals surface area contributed by atoms with Gasteiger partial charge < -0.3 is 10.4 Å². The van der Waals surface area contributed by atoms with Gasteiger partial charge in [-0.1, -0.05) is 13.0 Å². The first-order chi connectivity index (χ1) is 6.63. The molecule has 2 heteroatoms. The highest BCUT2D eigenvalue weighted by Gasteiger charge is 1.99. The molecule has 1 aromatic carbocycles. The zero-order valence-corrected chi connectivity index (χ0v) is 9.17. The van der Waals surface area contributed by atoms with Crippen LogP contribution in [0.2, 0.25) is 0 Å². The Labute approximate surface area is 86.0 Å². The van der Waals surface area contributed by atoms with Crippen molar-refractivity contribution in [1.29, 1.82) is 0 Å². The molecule has 0 heterocycles. The lowest BCUT2D eigenvalue weighted by atomic mass is 10.1. The highest BCUT2D eigenvalue weighted by atomic mass is 16.3. The fraction of sp³-hybridized carbons (Fsp3) is 0.500. The third kappa shape index (κ3) is 3.04. The highest BCUT2D eigenvalue weighted by molar-refractivity contribution is 5.48. The van der Waals surface area contributed by atoms with E-state index in [1.54, 1.807) is 6.92 Å². The molecule has 0 aliphatic carbocycles. The lowest BCUT2D eigenvalue weighted by Gasteiger charge is -2.11. The molecule has 0 aliphatic heterocycles. The Kier molecular flexibility index (Phi) is 3.96. The van der Waals surface area contributed by atoms with Gasteiger partial charge in [0.25, 0.3) is 0 Å². The van der Waals surface area contributed by atoms with Crippen molar-refractivity contribution in [3.05, 3.63) is 29.3 Å². The third-order valence-electron chi connectivity index (χ3n) is 2.33. The number of rotatable bonds is 4. The topological polar surface area (TPSA) is 32.3 Å². The molecule has 0 spiro atoms. The van der Waals surface area contributed by atoms with Crippen molar-refractivity contribution in [2.75, 3.05) is 11.9 Å². The van der Waals surface area contributed by atoms with Crippen molar-refractivity contribution < 1.29 is 5.11 Å². The Morgan fingerprint density at radius 1 is 1.43 bits per heavy atom. The van der Waals surface area contributed by atoms with E-state index in [4.69, 9.17) is 5.11 Å². The quantitative estimate of drug-likeness (QED) is 0.769. The number of anilines is 1. The van der Waals surface area contributed by atoms with Gasteiger partial charge in [0.2, 0.25) is 0 Å². The largest absolute Gasteiger partial charge is 0.392 e. The van der Waals surface area contributed by atoms with Gasteiger partial charge >= 0.3 is 0 Å². The minimum absolute atomic E-state index is 0.304. The van der Waals surface area contributed by atoms with Gasteiger partial charge in [-0.3, -0.25) is 0 Å². The van der Waals surface area contributed by atoms with E-state index in [1.165, 1.54) is 11.1 Å². The molecule has 0 aromatic heterocycles. The number of aliphatic hydroxyl groups is 1. The van der Waals surface area contributed by atoms with Crippen LogP contribution >= 0.6 is 0 Å². The summed E-state index contributed by atoms with van der Waals surface area (Å²) in [7, 11) is 0. The van der Waals surface area contributed by atoms with Gasteiger partial charge in [-0.2, -0.15) is 0 Å². The summed E-state index contributed by atoms with van der Waals surface area (Å²) in [5.74, 6) is 0. The molecule has 1 rings (SSSR count). The summed E-state index contributed by atoms with van der Waals surface area (Å²) >= 11 is 0. The van der Waals surface area contributed by atoms with Gasteiger partial charge in [-0.25, -0.2) is 0 Å². The first-order valence-corrected chi connectivity index (χ1v) is 5.15. The first kappa shape index (κ1) is 11.1. The van der Waals surface area contributed by atoms with Crippen LogP contribution < -0.4 is 5.32 Å². The van der Waals surface area contributed by atoms with E-state index >= 15 is 0 Å². The van der Waals surface area contributed by atoms with Crippen LogP contribution in [0.5, 0.6) is 0 Å². The molecule has 2 nitrogen and oxygen atoms in total. The van der Waals surface area contributed by atoms with Crippen molar-refractivity contribution in [1.82, 2.24) is 0 Å². The fourth-order valence-corrected chi connectivity index (χ4v) is 1.43. The smallest absolute Gasteiger partial charge is 0.0684 e. The standard InChI is InChI=1S/C12H19NO/c1-4-11-7-12(6-5-9(11)2)13-8-10(3)14/h5-7,10,13-14H,4,8H2,1-3H3/t10-/m0/s1. The molecule has 0 saturated heterocycles. The van der Waals surface area contributed by atoms with Crippen LogP contribution in [-0.4, -0.2) is 17.8 Å².